The Hall–Kier alpha value is -5.42. The number of ether oxygens (including phenoxy) is 1. The van der Waals surface area contributed by atoms with E-state index in [1.165, 1.54) is 13.2 Å². The smallest absolute Gasteiger partial charge is 0.345 e. The lowest BCUT2D eigenvalue weighted by Gasteiger charge is -2.09. The maximum absolute atomic E-state index is 13.0. The van der Waals surface area contributed by atoms with Crippen LogP contribution in [0.3, 0.4) is 0 Å². The van der Waals surface area contributed by atoms with Crippen LogP contribution < -0.4 is 15.7 Å². The molecule has 1 amide bonds. The molecule has 5 aromatic rings. The summed E-state index contributed by atoms with van der Waals surface area (Å²) >= 11 is 0. The third-order valence-electron chi connectivity index (χ3n) is 5.68. The van der Waals surface area contributed by atoms with Crippen molar-refractivity contribution in [2.24, 2.45) is 0 Å². The molecule has 5 rings (SSSR count). The zero-order chi connectivity index (χ0) is 25.8. The minimum Gasteiger partial charge on any atom is -0.495 e. The number of hydrogen-bond donors (Lipinski definition) is 1. The molecule has 0 aliphatic rings. The molecule has 0 unspecified atom stereocenters. The Kier molecular flexibility index (Phi) is 6.34. The van der Waals surface area contributed by atoms with E-state index in [-0.39, 0.29) is 16.8 Å². The molecule has 0 spiro atoms. The SMILES string of the molecule is COc1ccccc1NC(=O)C(C#N)=Cc1cn(-c2ccccc2)nc1-c1cc2ccccc2oc1=O. The first-order valence-corrected chi connectivity index (χ1v) is 11.3. The topological polar surface area (TPSA) is 110 Å². The number of hydrogen-bond acceptors (Lipinski definition) is 6. The Morgan fingerprint density at radius 1 is 1.05 bits per heavy atom. The van der Waals surface area contributed by atoms with Gasteiger partial charge in [0.2, 0.25) is 0 Å². The van der Waals surface area contributed by atoms with Gasteiger partial charge < -0.3 is 14.5 Å². The monoisotopic (exact) mass is 488 g/mol. The molecular formula is C29H20N4O4. The van der Waals surface area contributed by atoms with Crippen molar-refractivity contribution in [2.45, 2.75) is 0 Å². The Bertz CT molecular complexity index is 1740. The Morgan fingerprint density at radius 3 is 2.57 bits per heavy atom. The summed E-state index contributed by atoms with van der Waals surface area (Å²) in [6.07, 6.45) is 3.06. The van der Waals surface area contributed by atoms with Crippen LogP contribution in [0.1, 0.15) is 5.56 Å². The van der Waals surface area contributed by atoms with E-state index in [0.29, 0.717) is 22.6 Å². The summed E-state index contributed by atoms with van der Waals surface area (Å²) in [5.74, 6) is -0.171. The largest absolute Gasteiger partial charge is 0.495 e. The zero-order valence-electron chi connectivity index (χ0n) is 19.7. The number of fused-ring (bicyclic) bond motifs is 1. The first kappa shape index (κ1) is 23.3. The molecule has 0 aliphatic carbocycles. The number of amides is 1. The fourth-order valence-corrected chi connectivity index (χ4v) is 3.88. The second kappa shape index (κ2) is 10.1. The van der Waals surface area contributed by atoms with Crippen molar-refractivity contribution in [2.75, 3.05) is 12.4 Å². The third kappa shape index (κ3) is 4.74. The van der Waals surface area contributed by atoms with Crippen molar-refractivity contribution in [3.8, 4) is 28.8 Å². The van der Waals surface area contributed by atoms with Gasteiger partial charge in [-0.2, -0.15) is 10.4 Å². The van der Waals surface area contributed by atoms with E-state index < -0.39 is 11.5 Å². The number of rotatable bonds is 6. The minimum absolute atomic E-state index is 0.176. The molecule has 0 radical (unpaired) electrons. The number of benzene rings is 3. The van der Waals surface area contributed by atoms with E-state index in [1.807, 2.05) is 48.5 Å². The van der Waals surface area contributed by atoms with Gasteiger partial charge in [-0.15, -0.1) is 0 Å². The van der Waals surface area contributed by atoms with E-state index >= 15 is 0 Å². The van der Waals surface area contributed by atoms with Crippen LogP contribution in [0.5, 0.6) is 5.75 Å². The van der Waals surface area contributed by atoms with Crippen molar-refractivity contribution in [3.63, 3.8) is 0 Å². The highest BCUT2D eigenvalue weighted by molar-refractivity contribution is 6.10. The predicted molar refractivity (Wildman–Crippen MR) is 140 cm³/mol. The molecule has 8 nitrogen and oxygen atoms in total. The number of aromatic nitrogens is 2. The first-order chi connectivity index (χ1) is 18.1. The van der Waals surface area contributed by atoms with Crippen LogP contribution in [0.25, 0.3) is 34.0 Å². The molecular weight excluding hydrogens is 468 g/mol. The summed E-state index contributed by atoms with van der Waals surface area (Å²) < 4.78 is 12.4. The van der Waals surface area contributed by atoms with Crippen LogP contribution in [-0.2, 0) is 4.79 Å². The Balaban J connectivity index is 1.63. The number of nitrogens with zero attached hydrogens (tertiary/aromatic N) is 3. The average Bonchev–Trinajstić information content (AvgIpc) is 3.35. The third-order valence-corrected chi connectivity index (χ3v) is 5.68. The van der Waals surface area contributed by atoms with Crippen LogP contribution in [-0.4, -0.2) is 22.8 Å². The quantitative estimate of drug-likeness (QED) is 0.200. The molecule has 2 aromatic heterocycles. The molecule has 180 valence electrons. The van der Waals surface area contributed by atoms with Crippen LogP contribution >= 0.6 is 0 Å². The van der Waals surface area contributed by atoms with Crippen molar-refractivity contribution >= 4 is 28.6 Å². The number of carbonyl (C=O) groups excluding carboxylic acids is 1. The van der Waals surface area contributed by atoms with Gasteiger partial charge in [0, 0.05) is 17.1 Å². The van der Waals surface area contributed by atoms with Gasteiger partial charge >= 0.3 is 5.63 Å². The molecule has 0 saturated heterocycles. The number of anilines is 1. The maximum atomic E-state index is 13.0. The van der Waals surface area contributed by atoms with Crippen molar-refractivity contribution < 1.29 is 13.9 Å². The normalized spacial score (nSPS) is 11.2. The maximum Gasteiger partial charge on any atom is 0.345 e. The summed E-state index contributed by atoms with van der Waals surface area (Å²) in [7, 11) is 1.49. The standard InChI is InChI=1S/C29H20N4O4/c1-36-26-14-8-6-12-24(26)31-28(34)20(17-30)15-21-18-33(22-10-3-2-4-11-22)32-27(21)23-16-19-9-5-7-13-25(19)37-29(23)35/h2-16,18H,1H3,(H,31,34). The highest BCUT2D eigenvalue weighted by Crippen LogP contribution is 2.27. The molecule has 2 heterocycles. The van der Waals surface area contributed by atoms with E-state index in [4.69, 9.17) is 9.15 Å². The second-order valence-electron chi connectivity index (χ2n) is 8.02. The molecule has 8 heteroatoms. The van der Waals surface area contributed by atoms with E-state index in [0.717, 1.165) is 11.1 Å². The Morgan fingerprint density at radius 2 is 1.78 bits per heavy atom. The molecule has 37 heavy (non-hydrogen) atoms. The van der Waals surface area contributed by atoms with Crippen molar-refractivity contribution in [1.29, 1.82) is 5.26 Å². The molecule has 0 saturated carbocycles. The van der Waals surface area contributed by atoms with Gasteiger partial charge in [0.15, 0.2) is 0 Å². The van der Waals surface area contributed by atoms with Gasteiger partial charge in [0.25, 0.3) is 5.91 Å². The van der Waals surface area contributed by atoms with E-state index in [2.05, 4.69) is 10.4 Å². The second-order valence-corrected chi connectivity index (χ2v) is 8.02. The average molecular weight is 489 g/mol. The van der Waals surface area contributed by atoms with Crippen LogP contribution in [0.15, 0.2) is 106 Å². The lowest BCUT2D eigenvalue weighted by Crippen LogP contribution is -2.14. The summed E-state index contributed by atoms with van der Waals surface area (Å²) in [4.78, 5) is 26.0. The molecule has 1 N–H and O–H groups in total. The Labute approximate surface area is 211 Å². The van der Waals surface area contributed by atoms with E-state index in [9.17, 15) is 14.9 Å². The fraction of sp³-hybridized carbons (Fsp3) is 0.0345. The number of nitrogens with one attached hydrogen (secondary N) is 1. The lowest BCUT2D eigenvalue weighted by atomic mass is 10.1. The van der Waals surface area contributed by atoms with E-state index in [1.54, 1.807) is 53.3 Å². The van der Waals surface area contributed by atoms with Crippen molar-refractivity contribution in [3.05, 3.63) is 113 Å². The lowest BCUT2D eigenvalue weighted by molar-refractivity contribution is -0.112. The highest BCUT2D eigenvalue weighted by Gasteiger charge is 2.19. The summed E-state index contributed by atoms with van der Waals surface area (Å²) in [6.45, 7) is 0. The van der Waals surface area contributed by atoms with Crippen LogP contribution in [0.2, 0.25) is 0 Å². The van der Waals surface area contributed by atoms with Crippen molar-refractivity contribution in [1.82, 2.24) is 9.78 Å². The number of carbonyl (C=O) groups is 1. The molecule has 3 aromatic carbocycles. The molecule has 0 bridgehead atoms. The fourth-order valence-electron chi connectivity index (χ4n) is 3.88. The number of para-hydroxylation sites is 4. The zero-order valence-corrected chi connectivity index (χ0v) is 19.7. The number of nitriles is 1. The summed E-state index contributed by atoms with van der Waals surface area (Å²) in [6, 6.07) is 27.0. The van der Waals surface area contributed by atoms with Gasteiger partial charge in [0.1, 0.15) is 28.7 Å². The minimum atomic E-state index is -0.629. The molecule has 0 atom stereocenters. The number of methoxy groups -OCH3 is 1. The molecule has 0 aliphatic heterocycles. The summed E-state index contributed by atoms with van der Waals surface area (Å²) in [5.41, 5.74) is 1.75. The van der Waals surface area contributed by atoms with Gasteiger partial charge in [-0.1, -0.05) is 48.5 Å². The highest BCUT2D eigenvalue weighted by atomic mass is 16.5. The van der Waals surface area contributed by atoms with Gasteiger partial charge in [-0.3, -0.25) is 4.79 Å². The summed E-state index contributed by atoms with van der Waals surface area (Å²) in [5, 5.41) is 17.9. The van der Waals surface area contributed by atoms with Crippen LogP contribution in [0.4, 0.5) is 5.69 Å². The molecule has 0 fully saturated rings. The predicted octanol–water partition coefficient (Wildman–Crippen LogP) is 5.20. The first-order valence-electron chi connectivity index (χ1n) is 11.3. The van der Waals surface area contributed by atoms with Gasteiger partial charge in [0.05, 0.1) is 24.0 Å². The van der Waals surface area contributed by atoms with Crippen LogP contribution in [0, 0.1) is 11.3 Å². The van der Waals surface area contributed by atoms with Gasteiger partial charge in [-0.25, -0.2) is 9.48 Å². The van der Waals surface area contributed by atoms with Gasteiger partial charge in [-0.05, 0) is 42.5 Å².